The quantitative estimate of drug-likeness (QED) is 0.287. The summed E-state index contributed by atoms with van der Waals surface area (Å²) in [5.74, 6) is -0.542. The molecule has 0 saturated heterocycles. The molecule has 0 saturated carbocycles. The Hall–Kier alpha value is -3.37. The third kappa shape index (κ3) is 4.31. The SMILES string of the molecule is CCOC(=O)C1=C(C)N=c2sc(=Cc3ccccc3[N+](=O)[O-])c(=O)n2C1c1ccc(Br)cc1. The van der Waals surface area contributed by atoms with E-state index in [0.717, 1.165) is 15.8 Å². The van der Waals surface area contributed by atoms with Gasteiger partial charge in [-0.2, -0.15) is 0 Å². The molecule has 10 heteroatoms. The van der Waals surface area contributed by atoms with Crippen LogP contribution in [0.3, 0.4) is 0 Å². The topological polar surface area (TPSA) is 104 Å². The Morgan fingerprint density at radius 3 is 2.64 bits per heavy atom. The molecule has 2 aromatic carbocycles. The van der Waals surface area contributed by atoms with Crippen LogP contribution in [-0.4, -0.2) is 22.1 Å². The number of ether oxygens (including phenoxy) is 1. The molecule has 0 N–H and O–H groups in total. The number of allylic oxidation sites excluding steroid dienone is 1. The van der Waals surface area contributed by atoms with Crippen LogP contribution in [0, 0.1) is 10.1 Å². The molecule has 1 aliphatic rings. The maximum absolute atomic E-state index is 13.5. The second kappa shape index (κ2) is 9.24. The van der Waals surface area contributed by atoms with Crippen LogP contribution in [-0.2, 0) is 9.53 Å². The average Bonchev–Trinajstić information content (AvgIpc) is 3.08. The highest BCUT2D eigenvalue weighted by molar-refractivity contribution is 9.10. The molecular formula is C23H18BrN3O5S. The van der Waals surface area contributed by atoms with Gasteiger partial charge in [-0.3, -0.25) is 19.5 Å². The van der Waals surface area contributed by atoms with E-state index in [1.807, 2.05) is 24.3 Å². The number of thiazole rings is 1. The Morgan fingerprint density at radius 1 is 1.27 bits per heavy atom. The Morgan fingerprint density at radius 2 is 1.97 bits per heavy atom. The van der Waals surface area contributed by atoms with Crippen molar-refractivity contribution in [3.05, 3.63) is 105 Å². The molecule has 0 fully saturated rings. The highest BCUT2D eigenvalue weighted by Gasteiger charge is 2.33. The van der Waals surface area contributed by atoms with Crippen molar-refractivity contribution in [2.45, 2.75) is 19.9 Å². The molecule has 168 valence electrons. The number of hydrogen-bond acceptors (Lipinski definition) is 7. The summed E-state index contributed by atoms with van der Waals surface area (Å²) in [5.41, 5.74) is 1.28. The van der Waals surface area contributed by atoms with Crippen LogP contribution in [0.15, 0.2) is 74.1 Å². The summed E-state index contributed by atoms with van der Waals surface area (Å²) in [6, 6.07) is 12.8. The third-order valence-corrected chi connectivity index (χ3v) is 6.63. The second-order valence-corrected chi connectivity index (χ2v) is 9.09. The van der Waals surface area contributed by atoms with E-state index < -0.39 is 16.9 Å². The lowest BCUT2D eigenvalue weighted by Crippen LogP contribution is -2.39. The molecule has 2 heterocycles. The summed E-state index contributed by atoms with van der Waals surface area (Å²) in [5, 5.41) is 11.4. The lowest BCUT2D eigenvalue weighted by atomic mass is 9.96. The van der Waals surface area contributed by atoms with Gasteiger partial charge in [0.25, 0.3) is 11.2 Å². The fraction of sp³-hybridized carbons (Fsp3) is 0.174. The van der Waals surface area contributed by atoms with Crippen LogP contribution in [0.4, 0.5) is 5.69 Å². The number of esters is 1. The first-order valence-corrected chi connectivity index (χ1v) is 11.6. The van der Waals surface area contributed by atoms with E-state index in [1.54, 1.807) is 32.0 Å². The van der Waals surface area contributed by atoms with Crippen LogP contribution in [0.5, 0.6) is 0 Å². The first-order chi connectivity index (χ1) is 15.8. The fourth-order valence-corrected chi connectivity index (χ4v) is 4.97. The van der Waals surface area contributed by atoms with E-state index >= 15 is 0 Å². The van der Waals surface area contributed by atoms with Crippen LogP contribution in [0.2, 0.25) is 0 Å². The molecule has 1 aliphatic heterocycles. The Labute approximate surface area is 200 Å². The highest BCUT2D eigenvalue weighted by Crippen LogP contribution is 2.31. The standard InChI is InChI=1S/C23H18BrN3O5S/c1-3-32-22(29)19-13(2)25-23-26(20(19)14-8-10-16(24)11-9-14)21(28)18(33-23)12-15-6-4-5-7-17(15)27(30)31/h4-12,20H,3H2,1-2H3. The molecule has 0 spiro atoms. The van der Waals surface area contributed by atoms with E-state index in [4.69, 9.17) is 4.74 Å². The maximum atomic E-state index is 13.5. The van der Waals surface area contributed by atoms with Crippen molar-refractivity contribution in [3.63, 3.8) is 0 Å². The zero-order valence-corrected chi connectivity index (χ0v) is 20.1. The lowest BCUT2D eigenvalue weighted by molar-refractivity contribution is -0.385. The number of carbonyl (C=O) groups is 1. The van der Waals surface area contributed by atoms with Crippen LogP contribution >= 0.6 is 27.3 Å². The number of hydrogen-bond donors (Lipinski definition) is 0. The molecular weight excluding hydrogens is 510 g/mol. The molecule has 3 aromatic rings. The number of rotatable bonds is 5. The van der Waals surface area contributed by atoms with E-state index in [2.05, 4.69) is 20.9 Å². The molecule has 0 amide bonds. The minimum atomic E-state index is -0.735. The molecule has 1 unspecified atom stereocenters. The van der Waals surface area contributed by atoms with Gasteiger partial charge in [0.05, 0.1) is 38.9 Å². The normalized spacial score (nSPS) is 15.7. The monoisotopic (exact) mass is 527 g/mol. The molecule has 0 radical (unpaired) electrons. The lowest BCUT2D eigenvalue weighted by Gasteiger charge is -2.24. The van der Waals surface area contributed by atoms with Crippen LogP contribution in [0.1, 0.15) is 31.0 Å². The van der Waals surface area contributed by atoms with Crippen molar-refractivity contribution >= 4 is 45.0 Å². The van der Waals surface area contributed by atoms with Crippen molar-refractivity contribution in [1.82, 2.24) is 4.57 Å². The molecule has 0 bridgehead atoms. The van der Waals surface area contributed by atoms with Gasteiger partial charge in [0.2, 0.25) is 0 Å². The van der Waals surface area contributed by atoms with E-state index in [1.165, 1.54) is 16.7 Å². The minimum absolute atomic E-state index is 0.101. The Kier molecular flexibility index (Phi) is 6.39. The number of fused-ring (bicyclic) bond motifs is 1. The van der Waals surface area contributed by atoms with E-state index in [9.17, 15) is 19.7 Å². The number of carbonyl (C=O) groups excluding carboxylic acids is 1. The Balaban J connectivity index is 1.98. The van der Waals surface area contributed by atoms with Crippen LogP contribution < -0.4 is 14.9 Å². The minimum Gasteiger partial charge on any atom is -0.463 e. The molecule has 4 rings (SSSR count). The predicted molar refractivity (Wildman–Crippen MR) is 128 cm³/mol. The summed E-state index contributed by atoms with van der Waals surface area (Å²) in [6.45, 7) is 3.60. The predicted octanol–water partition coefficient (Wildman–Crippen LogP) is 3.47. The molecule has 0 aliphatic carbocycles. The van der Waals surface area contributed by atoms with E-state index in [0.29, 0.717) is 21.6 Å². The summed E-state index contributed by atoms with van der Waals surface area (Å²) in [7, 11) is 0. The van der Waals surface area contributed by atoms with Gasteiger partial charge < -0.3 is 4.74 Å². The number of nitro benzene ring substituents is 1. The summed E-state index contributed by atoms with van der Waals surface area (Å²) >= 11 is 4.53. The maximum Gasteiger partial charge on any atom is 0.338 e. The second-order valence-electron chi connectivity index (χ2n) is 7.17. The van der Waals surface area contributed by atoms with Gasteiger partial charge in [0.1, 0.15) is 0 Å². The summed E-state index contributed by atoms with van der Waals surface area (Å²) in [6.07, 6.45) is 1.49. The highest BCUT2D eigenvalue weighted by atomic mass is 79.9. The van der Waals surface area contributed by atoms with Gasteiger partial charge in [-0.05, 0) is 43.7 Å². The van der Waals surface area contributed by atoms with Crippen molar-refractivity contribution in [1.29, 1.82) is 0 Å². The number of halogens is 1. The number of nitrogens with zero attached hydrogens (tertiary/aromatic N) is 3. The van der Waals surface area contributed by atoms with E-state index in [-0.39, 0.29) is 28.0 Å². The average molecular weight is 528 g/mol. The van der Waals surface area contributed by atoms with Gasteiger partial charge in [-0.1, -0.05) is 51.5 Å². The smallest absolute Gasteiger partial charge is 0.338 e. The Bertz CT molecular complexity index is 1470. The van der Waals surface area contributed by atoms with Crippen molar-refractivity contribution in [2.24, 2.45) is 4.99 Å². The molecule has 33 heavy (non-hydrogen) atoms. The van der Waals surface area contributed by atoms with Gasteiger partial charge in [0.15, 0.2) is 4.80 Å². The van der Waals surface area contributed by atoms with Crippen molar-refractivity contribution in [3.8, 4) is 0 Å². The van der Waals surface area contributed by atoms with Crippen LogP contribution in [0.25, 0.3) is 6.08 Å². The largest absolute Gasteiger partial charge is 0.463 e. The van der Waals surface area contributed by atoms with Gasteiger partial charge >= 0.3 is 5.97 Å². The van der Waals surface area contributed by atoms with Crippen molar-refractivity contribution < 1.29 is 14.5 Å². The summed E-state index contributed by atoms with van der Waals surface area (Å²) in [4.78, 5) is 42.2. The zero-order valence-electron chi connectivity index (χ0n) is 17.6. The number of para-hydroxylation sites is 1. The number of aromatic nitrogens is 1. The van der Waals surface area contributed by atoms with Crippen molar-refractivity contribution in [2.75, 3.05) is 6.61 Å². The first kappa shape index (κ1) is 22.8. The van der Waals surface area contributed by atoms with Gasteiger partial charge in [0, 0.05) is 10.5 Å². The summed E-state index contributed by atoms with van der Waals surface area (Å²) < 4.78 is 7.85. The molecule has 1 atom stereocenters. The van der Waals surface area contributed by atoms with Gasteiger partial charge in [-0.25, -0.2) is 9.79 Å². The fourth-order valence-electron chi connectivity index (χ4n) is 3.67. The molecule has 1 aromatic heterocycles. The molecule has 8 nitrogen and oxygen atoms in total. The van der Waals surface area contributed by atoms with Gasteiger partial charge in [-0.15, -0.1) is 0 Å². The third-order valence-electron chi connectivity index (χ3n) is 5.12. The number of benzene rings is 2. The zero-order chi connectivity index (χ0) is 23.7. The number of nitro groups is 1. The first-order valence-electron chi connectivity index (χ1n) is 10.0.